The van der Waals surface area contributed by atoms with E-state index >= 15 is 0 Å². The number of benzene rings is 3. The first-order valence-corrected chi connectivity index (χ1v) is 11.8. The number of hydrogen-bond donors (Lipinski definition) is 2. The van der Waals surface area contributed by atoms with Crippen LogP contribution in [-0.2, 0) is 10.0 Å². The summed E-state index contributed by atoms with van der Waals surface area (Å²) >= 11 is 18.3. The van der Waals surface area contributed by atoms with Crippen molar-refractivity contribution in [1.29, 1.82) is 0 Å². The first-order valence-electron chi connectivity index (χ1n) is 9.16. The third kappa shape index (κ3) is 5.47. The molecule has 3 aromatic rings. The summed E-state index contributed by atoms with van der Waals surface area (Å²) < 4.78 is 65.3. The first kappa shape index (κ1) is 25.8. The molecule has 0 bridgehead atoms. The summed E-state index contributed by atoms with van der Waals surface area (Å²) in [6.45, 7) is 0. The highest BCUT2D eigenvalue weighted by Gasteiger charge is 2.25. The van der Waals surface area contributed by atoms with Gasteiger partial charge in [-0.15, -0.1) is 0 Å². The highest BCUT2D eigenvalue weighted by atomic mass is 35.5. The van der Waals surface area contributed by atoms with Crippen molar-refractivity contribution in [2.45, 2.75) is 4.90 Å². The SMILES string of the molecule is COc1cc(OC)c(NS(=O)(=O)c2cc(C(=O)Nc3ccc(F)c(F)c3)c(Cl)cc2Cl)cc1Cl. The van der Waals surface area contributed by atoms with E-state index in [1.165, 1.54) is 26.4 Å². The summed E-state index contributed by atoms with van der Waals surface area (Å²) in [7, 11) is -1.68. The molecule has 7 nitrogen and oxygen atoms in total. The molecule has 0 aliphatic heterocycles. The summed E-state index contributed by atoms with van der Waals surface area (Å²) in [5.74, 6) is -2.81. The zero-order valence-corrected chi connectivity index (χ0v) is 20.5. The Balaban J connectivity index is 1.98. The molecular weight excluding hydrogens is 537 g/mol. The molecule has 0 aliphatic carbocycles. The minimum atomic E-state index is -4.38. The highest BCUT2D eigenvalue weighted by molar-refractivity contribution is 7.92. The second-order valence-electron chi connectivity index (χ2n) is 6.64. The van der Waals surface area contributed by atoms with Crippen LogP contribution in [0.25, 0.3) is 0 Å². The van der Waals surface area contributed by atoms with Gasteiger partial charge in [0, 0.05) is 17.8 Å². The van der Waals surface area contributed by atoms with Gasteiger partial charge < -0.3 is 14.8 Å². The maximum absolute atomic E-state index is 13.4. The van der Waals surface area contributed by atoms with Crippen LogP contribution >= 0.6 is 34.8 Å². The van der Waals surface area contributed by atoms with Crippen LogP contribution in [0.3, 0.4) is 0 Å². The van der Waals surface area contributed by atoms with Crippen LogP contribution in [0.5, 0.6) is 11.5 Å². The molecule has 0 fully saturated rings. The van der Waals surface area contributed by atoms with Gasteiger partial charge in [-0.25, -0.2) is 17.2 Å². The maximum Gasteiger partial charge on any atom is 0.263 e. The van der Waals surface area contributed by atoms with Crippen molar-refractivity contribution >= 4 is 62.1 Å². The Hall–Kier alpha value is -2.79. The molecule has 1 amide bonds. The number of halogens is 5. The van der Waals surface area contributed by atoms with E-state index in [1.54, 1.807) is 0 Å². The quantitative estimate of drug-likeness (QED) is 0.376. The van der Waals surface area contributed by atoms with Gasteiger partial charge in [-0.3, -0.25) is 9.52 Å². The average molecular weight is 552 g/mol. The van der Waals surface area contributed by atoms with Crippen LogP contribution in [-0.4, -0.2) is 28.5 Å². The van der Waals surface area contributed by atoms with Crippen LogP contribution in [0.2, 0.25) is 15.1 Å². The molecule has 34 heavy (non-hydrogen) atoms. The van der Waals surface area contributed by atoms with E-state index in [4.69, 9.17) is 44.3 Å². The molecule has 0 heterocycles. The Morgan fingerprint density at radius 1 is 0.853 bits per heavy atom. The van der Waals surface area contributed by atoms with Gasteiger partial charge in [0.05, 0.1) is 40.5 Å². The van der Waals surface area contributed by atoms with Crippen molar-refractivity contribution in [1.82, 2.24) is 0 Å². The molecule has 13 heteroatoms. The molecule has 0 saturated heterocycles. The number of ether oxygens (including phenoxy) is 2. The summed E-state index contributed by atoms with van der Waals surface area (Å²) in [4.78, 5) is 12.2. The van der Waals surface area contributed by atoms with Crippen molar-refractivity contribution in [2.75, 3.05) is 24.3 Å². The smallest absolute Gasteiger partial charge is 0.263 e. The number of amides is 1. The Labute approximate surface area is 208 Å². The lowest BCUT2D eigenvalue weighted by Gasteiger charge is -2.16. The summed E-state index contributed by atoms with van der Waals surface area (Å²) in [6, 6.07) is 7.37. The number of rotatable bonds is 7. The largest absolute Gasteiger partial charge is 0.495 e. The molecule has 180 valence electrons. The lowest BCUT2D eigenvalue weighted by molar-refractivity contribution is 0.102. The third-order valence-electron chi connectivity index (χ3n) is 4.45. The van der Waals surface area contributed by atoms with Gasteiger partial charge in [-0.2, -0.15) is 0 Å². The van der Waals surface area contributed by atoms with E-state index < -0.39 is 32.5 Å². The Morgan fingerprint density at radius 2 is 1.53 bits per heavy atom. The Morgan fingerprint density at radius 3 is 2.15 bits per heavy atom. The van der Waals surface area contributed by atoms with E-state index in [0.29, 0.717) is 0 Å². The number of methoxy groups -OCH3 is 2. The third-order valence-corrected chi connectivity index (χ3v) is 6.89. The molecule has 0 aromatic heterocycles. The average Bonchev–Trinajstić information content (AvgIpc) is 2.76. The van der Waals surface area contributed by atoms with E-state index in [0.717, 1.165) is 30.3 Å². The monoisotopic (exact) mass is 550 g/mol. The van der Waals surface area contributed by atoms with Crippen molar-refractivity contribution < 1.29 is 31.5 Å². The minimum absolute atomic E-state index is 0.0212. The number of carbonyl (C=O) groups is 1. The van der Waals surface area contributed by atoms with Gasteiger partial charge in [0.25, 0.3) is 15.9 Å². The van der Waals surface area contributed by atoms with Crippen LogP contribution < -0.4 is 19.5 Å². The predicted molar refractivity (Wildman–Crippen MR) is 126 cm³/mol. The van der Waals surface area contributed by atoms with Crippen LogP contribution in [0, 0.1) is 11.6 Å². The summed E-state index contributed by atoms with van der Waals surface area (Å²) in [5.41, 5.74) is -0.377. The van der Waals surface area contributed by atoms with Crippen LogP contribution in [0.1, 0.15) is 10.4 Å². The standard InChI is InChI=1S/C21H15Cl3F2N2O5S/c1-32-18-9-19(33-2)17(8-13(18)23)28-34(30,31)20-6-11(12(22)7-14(20)24)21(29)27-10-3-4-15(25)16(26)5-10/h3-9,28H,1-2H3,(H,27,29). The fourth-order valence-electron chi connectivity index (χ4n) is 2.82. The molecule has 0 saturated carbocycles. The number of anilines is 2. The maximum atomic E-state index is 13.4. The zero-order valence-electron chi connectivity index (χ0n) is 17.4. The predicted octanol–water partition coefficient (Wildman–Crippen LogP) is 6.00. The van der Waals surface area contributed by atoms with E-state index in [-0.39, 0.29) is 43.5 Å². The van der Waals surface area contributed by atoms with Gasteiger partial charge in [0.1, 0.15) is 16.4 Å². The number of hydrogen-bond acceptors (Lipinski definition) is 5. The normalized spacial score (nSPS) is 11.1. The van der Waals surface area contributed by atoms with Crippen molar-refractivity contribution in [3.05, 3.63) is 74.7 Å². The van der Waals surface area contributed by atoms with Crippen molar-refractivity contribution in [3.63, 3.8) is 0 Å². The highest BCUT2D eigenvalue weighted by Crippen LogP contribution is 2.38. The molecule has 0 atom stereocenters. The van der Waals surface area contributed by atoms with E-state index in [1.807, 2.05) is 0 Å². The minimum Gasteiger partial charge on any atom is -0.495 e. The number of carbonyl (C=O) groups excluding carboxylic acids is 1. The number of nitrogens with one attached hydrogen (secondary N) is 2. The summed E-state index contributed by atoms with van der Waals surface area (Å²) in [6.07, 6.45) is 0. The second-order valence-corrected chi connectivity index (χ2v) is 9.51. The van der Waals surface area contributed by atoms with Crippen molar-refractivity contribution in [3.8, 4) is 11.5 Å². The molecule has 3 rings (SSSR count). The van der Waals surface area contributed by atoms with Gasteiger partial charge in [-0.05, 0) is 30.3 Å². The molecule has 3 aromatic carbocycles. The topological polar surface area (TPSA) is 93.7 Å². The van der Waals surface area contributed by atoms with Gasteiger partial charge >= 0.3 is 0 Å². The molecule has 0 radical (unpaired) electrons. The second kappa shape index (κ2) is 10.2. The van der Waals surface area contributed by atoms with Gasteiger partial charge in [-0.1, -0.05) is 34.8 Å². The zero-order chi connectivity index (χ0) is 25.2. The first-order chi connectivity index (χ1) is 16.0. The number of sulfonamides is 1. The van der Waals surface area contributed by atoms with E-state index in [9.17, 15) is 22.0 Å². The molecule has 0 spiro atoms. The summed E-state index contributed by atoms with van der Waals surface area (Å²) in [5, 5.41) is 1.97. The molecular formula is C21H15Cl3F2N2O5S. The molecule has 2 N–H and O–H groups in total. The van der Waals surface area contributed by atoms with Gasteiger partial charge in [0.15, 0.2) is 11.6 Å². The lowest BCUT2D eigenvalue weighted by atomic mass is 10.2. The Kier molecular flexibility index (Phi) is 7.77. The molecule has 0 aliphatic rings. The fourth-order valence-corrected chi connectivity index (χ4v) is 4.98. The van der Waals surface area contributed by atoms with E-state index in [2.05, 4.69) is 10.0 Å². The lowest BCUT2D eigenvalue weighted by Crippen LogP contribution is -2.17. The van der Waals surface area contributed by atoms with Crippen molar-refractivity contribution in [2.24, 2.45) is 0 Å². The van der Waals surface area contributed by atoms with Crippen LogP contribution in [0.4, 0.5) is 20.2 Å². The molecule has 0 unspecified atom stereocenters. The van der Waals surface area contributed by atoms with Crippen LogP contribution in [0.15, 0.2) is 47.4 Å². The van der Waals surface area contributed by atoms with Gasteiger partial charge in [0.2, 0.25) is 0 Å². The Bertz CT molecular complexity index is 1390. The fraction of sp³-hybridized carbons (Fsp3) is 0.0952.